The third kappa shape index (κ3) is 9.60. The van der Waals surface area contributed by atoms with Gasteiger partial charge in [-0.15, -0.1) is 0 Å². The van der Waals surface area contributed by atoms with Crippen molar-refractivity contribution in [2.75, 3.05) is 26.4 Å². The Bertz CT molecular complexity index is 2330. The molecule has 0 bridgehead atoms. The second-order valence-corrected chi connectivity index (χ2v) is 17.4. The van der Waals surface area contributed by atoms with Crippen molar-refractivity contribution in [1.82, 2.24) is 0 Å². The van der Waals surface area contributed by atoms with E-state index in [1.54, 1.807) is 0 Å². The van der Waals surface area contributed by atoms with E-state index in [0.717, 1.165) is 58.1 Å². The Morgan fingerprint density at radius 2 is 0.607 bits per heavy atom. The molecule has 61 heavy (non-hydrogen) atoms. The van der Waals surface area contributed by atoms with Crippen molar-refractivity contribution in [2.45, 2.75) is 56.8 Å². The number of benzene rings is 6. The van der Waals surface area contributed by atoms with Crippen LogP contribution in [0.5, 0.6) is 23.0 Å². The van der Waals surface area contributed by atoms with Crippen molar-refractivity contribution >= 4 is 24.3 Å². The van der Waals surface area contributed by atoms with Gasteiger partial charge in [0.1, 0.15) is 26.4 Å². The normalized spacial score (nSPS) is 17.4. The summed E-state index contributed by atoms with van der Waals surface area (Å²) < 4.78 is 26.4. The molecule has 0 amide bonds. The van der Waals surface area contributed by atoms with Gasteiger partial charge >= 0.3 is 0 Å². The van der Waals surface area contributed by atoms with Gasteiger partial charge in [-0.05, 0) is 117 Å². The van der Waals surface area contributed by atoms with E-state index in [-0.39, 0.29) is 16.2 Å². The lowest BCUT2D eigenvalue weighted by Gasteiger charge is -2.31. The molecule has 0 saturated heterocycles. The van der Waals surface area contributed by atoms with Crippen molar-refractivity contribution in [2.24, 2.45) is 0 Å². The molecular weight excluding hydrogens is 749 g/mol. The third-order valence-electron chi connectivity index (χ3n) is 11.9. The Morgan fingerprint density at radius 1 is 0.361 bits per heavy atom. The number of ether oxygens (including phenoxy) is 4. The van der Waals surface area contributed by atoms with Gasteiger partial charge in [0.25, 0.3) is 0 Å². The van der Waals surface area contributed by atoms with Crippen LogP contribution in [-0.4, -0.2) is 26.4 Å². The minimum atomic E-state index is -0.273. The molecule has 4 nitrogen and oxygen atoms in total. The summed E-state index contributed by atoms with van der Waals surface area (Å²) in [6, 6.07) is 50.4. The number of hydrogen-bond donors (Lipinski definition) is 0. The zero-order chi connectivity index (χ0) is 42.1. The molecule has 0 saturated carbocycles. The van der Waals surface area contributed by atoms with Crippen LogP contribution in [0.3, 0.4) is 0 Å². The van der Waals surface area contributed by atoms with Gasteiger partial charge in [-0.3, -0.25) is 0 Å². The molecular formula is C57H56O4. The minimum absolute atomic E-state index is 0.131. The van der Waals surface area contributed by atoms with E-state index in [0.29, 0.717) is 26.4 Å². The molecule has 308 valence electrons. The highest BCUT2D eigenvalue weighted by atomic mass is 16.5. The molecule has 0 aromatic heterocycles. The van der Waals surface area contributed by atoms with Gasteiger partial charge in [-0.1, -0.05) is 173 Å². The van der Waals surface area contributed by atoms with Crippen LogP contribution in [0.15, 0.2) is 170 Å². The van der Waals surface area contributed by atoms with Crippen molar-refractivity contribution < 1.29 is 18.9 Å². The van der Waals surface area contributed by atoms with E-state index in [4.69, 9.17) is 18.9 Å². The van der Waals surface area contributed by atoms with Gasteiger partial charge in [0, 0.05) is 5.41 Å². The molecule has 0 aliphatic heterocycles. The molecule has 4 heteroatoms. The summed E-state index contributed by atoms with van der Waals surface area (Å²) in [5.74, 6) is 3.02. The summed E-state index contributed by atoms with van der Waals surface area (Å²) in [4.78, 5) is 0. The van der Waals surface area contributed by atoms with Crippen molar-refractivity contribution in [3.63, 3.8) is 0 Å². The quantitative estimate of drug-likeness (QED) is 0.0976. The first kappa shape index (κ1) is 41.2. The van der Waals surface area contributed by atoms with Crippen LogP contribution in [0.4, 0.5) is 0 Å². The Hall–Kier alpha value is -6.52. The maximum Gasteiger partial charge on any atom is 0.161 e. The fraction of sp³-hybridized carbons (Fsp3) is 0.228. The van der Waals surface area contributed by atoms with Crippen molar-refractivity contribution in [3.8, 4) is 23.0 Å². The van der Waals surface area contributed by atoms with Crippen molar-refractivity contribution in [1.29, 1.82) is 0 Å². The molecule has 1 unspecified atom stereocenters. The molecule has 0 fully saturated rings. The average Bonchev–Trinajstić information content (AvgIpc) is 3.63. The minimum Gasteiger partial charge on any atom is -0.486 e. The van der Waals surface area contributed by atoms with Crippen LogP contribution >= 0.6 is 0 Å². The summed E-state index contributed by atoms with van der Waals surface area (Å²) in [5, 5.41) is 0. The van der Waals surface area contributed by atoms with Gasteiger partial charge in [0.05, 0.1) is 0 Å². The predicted molar refractivity (Wildman–Crippen MR) is 253 cm³/mol. The number of hydrogen-bond acceptors (Lipinski definition) is 4. The van der Waals surface area contributed by atoms with E-state index in [1.165, 1.54) is 22.3 Å². The van der Waals surface area contributed by atoms with Crippen molar-refractivity contribution in [3.05, 3.63) is 214 Å². The Balaban J connectivity index is 1.15. The lowest BCUT2D eigenvalue weighted by molar-refractivity contribution is 0.307. The molecule has 6 aromatic carbocycles. The molecule has 1 atom stereocenters. The Labute approximate surface area is 362 Å². The molecule has 6 aromatic rings. The maximum absolute atomic E-state index is 6.65. The smallest absolute Gasteiger partial charge is 0.161 e. The van der Waals surface area contributed by atoms with Gasteiger partial charge in [-0.2, -0.15) is 0 Å². The second-order valence-electron chi connectivity index (χ2n) is 17.4. The highest BCUT2D eigenvalue weighted by Gasteiger charge is 2.57. The average molecular weight is 805 g/mol. The number of rotatable bonds is 16. The second kappa shape index (κ2) is 18.4. The third-order valence-corrected chi connectivity index (χ3v) is 11.9. The lowest BCUT2D eigenvalue weighted by atomic mass is 9.72. The summed E-state index contributed by atoms with van der Waals surface area (Å²) in [6.45, 7) is 11.2. The van der Waals surface area contributed by atoms with Gasteiger partial charge in [0.2, 0.25) is 0 Å². The van der Waals surface area contributed by atoms with Crippen LogP contribution in [0.1, 0.15) is 85.0 Å². The van der Waals surface area contributed by atoms with E-state index in [1.807, 2.05) is 72.8 Å². The highest BCUT2D eigenvalue weighted by Crippen LogP contribution is 2.65. The first-order valence-corrected chi connectivity index (χ1v) is 21.5. The van der Waals surface area contributed by atoms with Gasteiger partial charge < -0.3 is 18.9 Å². The molecule has 0 radical (unpaired) electrons. The topological polar surface area (TPSA) is 36.9 Å². The zero-order valence-corrected chi connectivity index (χ0v) is 35.9. The summed E-state index contributed by atoms with van der Waals surface area (Å²) in [7, 11) is 0. The van der Waals surface area contributed by atoms with Crippen LogP contribution in [0.25, 0.3) is 24.3 Å². The molecule has 2 aliphatic rings. The maximum atomic E-state index is 6.65. The van der Waals surface area contributed by atoms with Crippen LogP contribution < -0.4 is 18.9 Å². The fourth-order valence-electron chi connectivity index (χ4n) is 9.32. The highest BCUT2D eigenvalue weighted by molar-refractivity contribution is 5.66. The molecule has 0 heterocycles. The monoisotopic (exact) mass is 804 g/mol. The summed E-state index contributed by atoms with van der Waals surface area (Å²) in [6.07, 6.45) is 18.6. The summed E-state index contributed by atoms with van der Waals surface area (Å²) >= 11 is 0. The van der Waals surface area contributed by atoms with E-state index >= 15 is 0 Å². The molecule has 2 aliphatic carbocycles. The van der Waals surface area contributed by atoms with E-state index in [9.17, 15) is 0 Å². The Kier molecular flexibility index (Phi) is 12.4. The first-order valence-electron chi connectivity index (χ1n) is 21.5. The summed E-state index contributed by atoms with van der Waals surface area (Å²) in [5.41, 5.74) is 9.21. The van der Waals surface area contributed by atoms with Crippen LogP contribution in [0.2, 0.25) is 0 Å². The molecule has 8 rings (SSSR count). The molecule has 0 N–H and O–H groups in total. The fourth-order valence-corrected chi connectivity index (χ4v) is 9.32. The largest absolute Gasteiger partial charge is 0.486 e. The zero-order valence-electron chi connectivity index (χ0n) is 35.9. The first-order chi connectivity index (χ1) is 29.7. The standard InChI is InChI=1S/C57H56O4/c1-55(2)41-57(49-39-53(60-35-19-31-45-25-13-7-14-26-45)51(37-47(49)55)58-33-17-29-43-21-9-5-10-22-43)42-56(3,4)48-38-52(59-34-18-30-44-23-11-6-12-24-44)54(40-50(48)57)61-36-20-32-46-27-15-8-16-28-46/h5-32,37-40H,33-36,41-42H2,1-4H3/b29-17-,30-18+,31-19-,32-20+. The van der Waals surface area contributed by atoms with Crippen LogP contribution in [0, 0.1) is 0 Å². The van der Waals surface area contributed by atoms with E-state index in [2.05, 4.69) is 149 Å². The van der Waals surface area contributed by atoms with Gasteiger partial charge in [0.15, 0.2) is 23.0 Å². The lowest BCUT2D eigenvalue weighted by Crippen LogP contribution is -2.27. The Morgan fingerprint density at radius 3 is 0.869 bits per heavy atom. The SMILES string of the molecule is CC1(C)CC2(CC(C)(C)c3cc(OC/C=C/c4ccccc4)c(OC/C=C/c4ccccc4)cc32)c2cc(OC/C=C\c3ccccc3)c(OC/C=C\c3ccccc3)cc21. The van der Waals surface area contributed by atoms with Gasteiger partial charge in [-0.25, -0.2) is 0 Å². The van der Waals surface area contributed by atoms with E-state index < -0.39 is 0 Å². The molecule has 1 spiro atoms. The van der Waals surface area contributed by atoms with Crippen LogP contribution in [-0.2, 0) is 16.2 Å². The predicted octanol–water partition coefficient (Wildman–Crippen LogP) is 13.7. The number of fused-ring (bicyclic) bond motifs is 4.